The second kappa shape index (κ2) is 7.93. The first-order valence-electron chi connectivity index (χ1n) is 7.32. The van der Waals surface area contributed by atoms with Crippen molar-refractivity contribution in [3.05, 3.63) is 70.4 Å². The van der Waals surface area contributed by atoms with E-state index in [-0.39, 0.29) is 11.3 Å². The molecule has 0 saturated carbocycles. The maximum absolute atomic E-state index is 12.8. The number of nitrogens with one attached hydrogen (secondary N) is 2. The van der Waals surface area contributed by atoms with Gasteiger partial charge in [-0.3, -0.25) is 4.79 Å². The fourth-order valence-electron chi connectivity index (χ4n) is 1.97. The zero-order chi connectivity index (χ0) is 19.3. The lowest BCUT2D eigenvalue weighted by Gasteiger charge is -2.11. The van der Waals surface area contributed by atoms with Crippen LogP contribution in [0.5, 0.6) is 0 Å². The van der Waals surface area contributed by atoms with Gasteiger partial charge in [0.2, 0.25) is 0 Å². The van der Waals surface area contributed by atoms with Crippen molar-refractivity contribution in [3.63, 3.8) is 0 Å². The molecule has 0 spiro atoms. The van der Waals surface area contributed by atoms with Crippen LogP contribution in [0.1, 0.15) is 11.1 Å². The Morgan fingerprint density at radius 2 is 1.77 bits per heavy atom. The van der Waals surface area contributed by atoms with Crippen LogP contribution in [0.4, 0.5) is 24.5 Å². The maximum Gasteiger partial charge on any atom is 0.417 e. The van der Waals surface area contributed by atoms with Crippen LogP contribution in [0.15, 0.2) is 54.2 Å². The van der Waals surface area contributed by atoms with Gasteiger partial charge in [-0.15, -0.1) is 0 Å². The standard InChI is InChI=1S/C18H13ClF3N3O/c1-11-2-4-13(5-3-11)25-17(26)12(9-23)10-24-14-6-7-16(19)15(8-14)18(20,21)22/h2-8,10,24H,1H3,(H,25,26)/b12-10-. The van der Waals surface area contributed by atoms with Crippen molar-refractivity contribution in [1.82, 2.24) is 0 Å². The maximum atomic E-state index is 12.8. The molecule has 0 aromatic heterocycles. The SMILES string of the molecule is Cc1ccc(NC(=O)/C(C#N)=C\Nc2ccc(Cl)c(C(F)(F)F)c2)cc1. The Bertz CT molecular complexity index is 884. The van der Waals surface area contributed by atoms with E-state index in [0.29, 0.717) is 5.69 Å². The van der Waals surface area contributed by atoms with Crippen molar-refractivity contribution in [2.45, 2.75) is 13.1 Å². The molecule has 0 aliphatic rings. The van der Waals surface area contributed by atoms with Crippen molar-refractivity contribution < 1.29 is 18.0 Å². The highest BCUT2D eigenvalue weighted by Crippen LogP contribution is 2.36. The summed E-state index contributed by atoms with van der Waals surface area (Å²) in [5.41, 5.74) is 0.225. The minimum absolute atomic E-state index is 0.0395. The zero-order valence-electron chi connectivity index (χ0n) is 13.5. The third-order valence-corrected chi connectivity index (χ3v) is 3.66. The number of nitrogens with zero attached hydrogens (tertiary/aromatic N) is 1. The summed E-state index contributed by atoms with van der Waals surface area (Å²) in [5, 5.41) is 13.7. The van der Waals surface area contributed by atoms with Gasteiger partial charge < -0.3 is 10.6 Å². The number of hydrogen-bond acceptors (Lipinski definition) is 3. The predicted molar refractivity (Wildman–Crippen MR) is 93.6 cm³/mol. The number of rotatable bonds is 4. The molecule has 8 heteroatoms. The van der Waals surface area contributed by atoms with Crippen molar-refractivity contribution in [2.75, 3.05) is 10.6 Å². The van der Waals surface area contributed by atoms with Crippen LogP contribution < -0.4 is 10.6 Å². The quantitative estimate of drug-likeness (QED) is 0.572. The third-order valence-electron chi connectivity index (χ3n) is 3.33. The Kier molecular flexibility index (Phi) is 5.90. The Labute approximate surface area is 152 Å². The number of amides is 1. The van der Waals surface area contributed by atoms with Gasteiger partial charge in [-0.05, 0) is 37.3 Å². The molecule has 0 saturated heterocycles. The molecule has 2 aromatic rings. The number of aryl methyl sites for hydroxylation is 1. The molecule has 0 fully saturated rings. The number of anilines is 2. The van der Waals surface area contributed by atoms with E-state index < -0.39 is 22.7 Å². The second-order valence-electron chi connectivity index (χ2n) is 5.33. The van der Waals surface area contributed by atoms with Crippen LogP contribution in [-0.2, 0) is 11.0 Å². The Morgan fingerprint density at radius 1 is 1.15 bits per heavy atom. The topological polar surface area (TPSA) is 64.9 Å². The monoisotopic (exact) mass is 379 g/mol. The third kappa shape index (κ3) is 5.01. The number of nitriles is 1. The van der Waals surface area contributed by atoms with E-state index >= 15 is 0 Å². The molecule has 2 aromatic carbocycles. The van der Waals surface area contributed by atoms with Gasteiger partial charge in [-0.1, -0.05) is 29.3 Å². The molecule has 0 unspecified atom stereocenters. The summed E-state index contributed by atoms with van der Waals surface area (Å²) in [6.07, 6.45) is -3.58. The van der Waals surface area contributed by atoms with Gasteiger partial charge in [-0.25, -0.2) is 0 Å². The van der Waals surface area contributed by atoms with E-state index in [9.17, 15) is 18.0 Å². The summed E-state index contributed by atoms with van der Waals surface area (Å²) >= 11 is 5.54. The van der Waals surface area contributed by atoms with Crippen molar-refractivity contribution in [1.29, 1.82) is 5.26 Å². The Balaban J connectivity index is 2.15. The van der Waals surface area contributed by atoms with Crippen LogP contribution in [0, 0.1) is 18.3 Å². The minimum atomic E-state index is -4.61. The lowest BCUT2D eigenvalue weighted by Crippen LogP contribution is -2.14. The van der Waals surface area contributed by atoms with Crippen molar-refractivity contribution in [3.8, 4) is 6.07 Å². The first kappa shape index (κ1) is 19.3. The van der Waals surface area contributed by atoms with Crippen molar-refractivity contribution >= 4 is 28.9 Å². The van der Waals surface area contributed by atoms with E-state index in [2.05, 4.69) is 10.6 Å². The largest absolute Gasteiger partial charge is 0.417 e. The van der Waals surface area contributed by atoms with E-state index in [0.717, 1.165) is 23.9 Å². The molecule has 2 N–H and O–H groups in total. The van der Waals surface area contributed by atoms with Crippen LogP contribution in [-0.4, -0.2) is 5.91 Å². The molecule has 2 rings (SSSR count). The minimum Gasteiger partial charge on any atom is -0.360 e. The highest BCUT2D eigenvalue weighted by Gasteiger charge is 2.33. The number of benzene rings is 2. The highest BCUT2D eigenvalue weighted by atomic mass is 35.5. The van der Waals surface area contributed by atoms with Gasteiger partial charge >= 0.3 is 6.18 Å². The van der Waals surface area contributed by atoms with Crippen LogP contribution >= 0.6 is 11.6 Å². The lowest BCUT2D eigenvalue weighted by molar-refractivity contribution is -0.137. The highest BCUT2D eigenvalue weighted by molar-refractivity contribution is 6.31. The molecular weight excluding hydrogens is 367 g/mol. The normalized spacial score (nSPS) is 11.6. The summed E-state index contributed by atoms with van der Waals surface area (Å²) in [4.78, 5) is 12.1. The molecule has 1 amide bonds. The summed E-state index contributed by atoms with van der Waals surface area (Å²) in [6.45, 7) is 1.89. The Hall–Kier alpha value is -2.98. The van der Waals surface area contributed by atoms with E-state index in [1.54, 1.807) is 30.3 Å². The molecule has 4 nitrogen and oxygen atoms in total. The van der Waals surface area contributed by atoms with Crippen LogP contribution in [0.2, 0.25) is 5.02 Å². The number of hydrogen-bond donors (Lipinski definition) is 2. The van der Waals surface area contributed by atoms with Gasteiger partial charge in [0.05, 0.1) is 10.6 Å². The molecule has 0 atom stereocenters. The van der Waals surface area contributed by atoms with E-state index in [1.807, 2.05) is 6.92 Å². The fraction of sp³-hybridized carbons (Fsp3) is 0.111. The number of alkyl halides is 3. The molecule has 0 aliphatic carbocycles. The molecular formula is C18H13ClF3N3O. The Morgan fingerprint density at radius 3 is 2.35 bits per heavy atom. The molecule has 0 aliphatic heterocycles. The van der Waals surface area contributed by atoms with Crippen molar-refractivity contribution in [2.24, 2.45) is 0 Å². The van der Waals surface area contributed by atoms with E-state index in [1.165, 1.54) is 6.07 Å². The molecule has 0 heterocycles. The summed E-state index contributed by atoms with van der Waals surface area (Å²) < 4.78 is 38.5. The number of carbonyl (C=O) groups is 1. The average molecular weight is 380 g/mol. The first-order chi connectivity index (χ1) is 12.2. The molecule has 26 heavy (non-hydrogen) atoms. The smallest absolute Gasteiger partial charge is 0.360 e. The lowest BCUT2D eigenvalue weighted by atomic mass is 10.2. The van der Waals surface area contributed by atoms with Gasteiger partial charge in [0, 0.05) is 17.6 Å². The van der Waals surface area contributed by atoms with Gasteiger partial charge in [-0.2, -0.15) is 18.4 Å². The van der Waals surface area contributed by atoms with Gasteiger partial charge in [0.25, 0.3) is 5.91 Å². The molecule has 0 radical (unpaired) electrons. The first-order valence-corrected chi connectivity index (χ1v) is 7.70. The summed E-state index contributed by atoms with van der Waals surface area (Å²) in [5.74, 6) is -0.686. The predicted octanol–water partition coefficient (Wildman–Crippen LogP) is 5.13. The van der Waals surface area contributed by atoms with Gasteiger partial charge in [0.15, 0.2) is 0 Å². The van der Waals surface area contributed by atoms with E-state index in [4.69, 9.17) is 16.9 Å². The molecule has 134 valence electrons. The second-order valence-corrected chi connectivity index (χ2v) is 5.73. The summed E-state index contributed by atoms with van der Waals surface area (Å²) in [6, 6.07) is 11.8. The molecule has 0 bridgehead atoms. The van der Waals surface area contributed by atoms with Gasteiger partial charge in [0.1, 0.15) is 11.6 Å². The zero-order valence-corrected chi connectivity index (χ0v) is 14.2. The fourth-order valence-corrected chi connectivity index (χ4v) is 2.20. The number of carbonyl (C=O) groups excluding carboxylic acids is 1. The number of halogens is 4. The van der Waals surface area contributed by atoms with Crippen LogP contribution in [0.25, 0.3) is 0 Å². The summed E-state index contributed by atoms with van der Waals surface area (Å²) in [7, 11) is 0. The average Bonchev–Trinajstić information content (AvgIpc) is 2.58. The van der Waals surface area contributed by atoms with Crippen LogP contribution in [0.3, 0.4) is 0 Å².